The smallest absolute Gasteiger partial charge is 0.239 e. The molecule has 0 bridgehead atoms. The Morgan fingerprint density at radius 3 is 2.89 bits per heavy atom. The number of amides is 2. The summed E-state index contributed by atoms with van der Waals surface area (Å²) in [5.74, 6) is -0.605. The highest BCUT2D eigenvalue weighted by Gasteiger charge is 2.37. The van der Waals surface area contributed by atoms with Crippen LogP contribution in [0.25, 0.3) is 0 Å². The van der Waals surface area contributed by atoms with Gasteiger partial charge in [0.05, 0.1) is 12.7 Å². The third kappa shape index (κ3) is 4.90. The summed E-state index contributed by atoms with van der Waals surface area (Å²) in [4.78, 5) is 27.0. The third-order valence-electron chi connectivity index (χ3n) is 4.45. The number of benzene rings is 2. The summed E-state index contributed by atoms with van der Waals surface area (Å²) >= 11 is 3.41. The molecular formula is C21H20BrN3O3. The monoisotopic (exact) mass is 441 g/mol. The second-order valence-corrected chi connectivity index (χ2v) is 7.35. The van der Waals surface area contributed by atoms with E-state index in [9.17, 15) is 9.59 Å². The summed E-state index contributed by atoms with van der Waals surface area (Å²) in [5.41, 5.74) is 1.36. The molecule has 7 heteroatoms. The first-order valence-electron chi connectivity index (χ1n) is 9.06. The first kappa shape index (κ1) is 19.9. The van der Waals surface area contributed by atoms with Crippen LogP contribution in [0.1, 0.15) is 19.3 Å². The van der Waals surface area contributed by atoms with Gasteiger partial charge in [0.1, 0.15) is 11.7 Å². The molecule has 1 fully saturated rings. The lowest BCUT2D eigenvalue weighted by Gasteiger charge is -2.17. The minimum absolute atomic E-state index is 0.195. The van der Waals surface area contributed by atoms with Gasteiger partial charge in [-0.3, -0.25) is 9.59 Å². The largest absolute Gasteiger partial charge is 0.493 e. The molecule has 2 aromatic rings. The summed E-state index contributed by atoms with van der Waals surface area (Å²) in [6, 6.07) is 16.6. The second-order valence-electron chi connectivity index (χ2n) is 6.44. The van der Waals surface area contributed by atoms with Crippen molar-refractivity contribution < 1.29 is 14.3 Å². The minimum atomic E-state index is -0.709. The summed E-state index contributed by atoms with van der Waals surface area (Å²) in [5, 5.41) is 11.4. The summed E-state index contributed by atoms with van der Waals surface area (Å²) < 4.78 is 6.47. The molecule has 6 nitrogen and oxygen atoms in total. The van der Waals surface area contributed by atoms with E-state index in [0.717, 1.165) is 10.2 Å². The number of ether oxygens (including phenoxy) is 1. The van der Waals surface area contributed by atoms with E-state index in [-0.39, 0.29) is 11.8 Å². The van der Waals surface area contributed by atoms with Gasteiger partial charge in [-0.15, -0.1) is 0 Å². The van der Waals surface area contributed by atoms with Crippen molar-refractivity contribution in [2.24, 2.45) is 5.92 Å². The number of halogens is 1. The van der Waals surface area contributed by atoms with Gasteiger partial charge in [-0.2, -0.15) is 5.26 Å². The van der Waals surface area contributed by atoms with Gasteiger partial charge in [0.15, 0.2) is 0 Å². The summed E-state index contributed by atoms with van der Waals surface area (Å²) in [6.45, 7) is 0.948. The molecule has 144 valence electrons. The highest BCUT2D eigenvalue weighted by molar-refractivity contribution is 9.10. The predicted octanol–water partition coefficient (Wildman–Crippen LogP) is 4.12. The van der Waals surface area contributed by atoms with Gasteiger partial charge in [0, 0.05) is 34.9 Å². The fourth-order valence-corrected chi connectivity index (χ4v) is 3.44. The van der Waals surface area contributed by atoms with Gasteiger partial charge in [-0.1, -0.05) is 28.1 Å². The molecule has 1 aliphatic heterocycles. The number of carbonyl (C=O) groups is 2. The summed E-state index contributed by atoms with van der Waals surface area (Å²) in [6.07, 6.45) is 1.56. The van der Waals surface area contributed by atoms with Crippen molar-refractivity contribution in [2.75, 3.05) is 23.4 Å². The lowest BCUT2D eigenvalue weighted by Crippen LogP contribution is -2.33. The van der Waals surface area contributed by atoms with Crippen molar-refractivity contribution in [3.8, 4) is 11.8 Å². The van der Waals surface area contributed by atoms with Crippen LogP contribution in [-0.2, 0) is 9.59 Å². The lowest BCUT2D eigenvalue weighted by atomic mass is 10.1. The maximum Gasteiger partial charge on any atom is 0.239 e. The van der Waals surface area contributed by atoms with E-state index in [1.807, 2.05) is 24.3 Å². The Hall–Kier alpha value is -2.85. The van der Waals surface area contributed by atoms with E-state index < -0.39 is 5.92 Å². The zero-order chi connectivity index (χ0) is 19.9. The first-order chi connectivity index (χ1) is 13.6. The number of nitrogens with zero attached hydrogens (tertiary/aromatic N) is 2. The highest BCUT2D eigenvalue weighted by Crippen LogP contribution is 2.28. The molecule has 0 radical (unpaired) electrons. The highest BCUT2D eigenvalue weighted by atomic mass is 79.9. The molecule has 2 amide bonds. The number of rotatable bonds is 7. The fraction of sp³-hybridized carbons (Fsp3) is 0.286. The van der Waals surface area contributed by atoms with Crippen molar-refractivity contribution in [1.82, 2.24) is 0 Å². The zero-order valence-electron chi connectivity index (χ0n) is 15.2. The maximum atomic E-state index is 12.7. The SMILES string of the molecule is N#CCCCOc1cccc(NC(=O)C2CCN(c3cccc(Br)c3)C2=O)c1. The Balaban J connectivity index is 1.61. The Bertz CT molecular complexity index is 910. The van der Waals surface area contributed by atoms with Crippen molar-refractivity contribution in [3.63, 3.8) is 0 Å². The zero-order valence-corrected chi connectivity index (χ0v) is 16.8. The molecule has 0 aromatic heterocycles. The van der Waals surface area contributed by atoms with Crippen molar-refractivity contribution in [1.29, 1.82) is 5.26 Å². The van der Waals surface area contributed by atoms with E-state index in [4.69, 9.17) is 10.00 Å². The molecule has 0 aliphatic carbocycles. The molecule has 0 spiro atoms. The van der Waals surface area contributed by atoms with E-state index in [1.165, 1.54) is 0 Å². The number of hydrogen-bond donors (Lipinski definition) is 1. The number of anilines is 2. The van der Waals surface area contributed by atoms with E-state index in [1.54, 1.807) is 29.2 Å². The van der Waals surface area contributed by atoms with Crippen LogP contribution in [0.2, 0.25) is 0 Å². The van der Waals surface area contributed by atoms with Crippen LogP contribution in [0.5, 0.6) is 5.75 Å². The number of nitriles is 1. The second kappa shape index (κ2) is 9.38. The van der Waals surface area contributed by atoms with Gasteiger partial charge < -0.3 is 15.0 Å². The quantitative estimate of drug-likeness (QED) is 0.517. The molecular weight excluding hydrogens is 422 g/mol. The first-order valence-corrected chi connectivity index (χ1v) is 9.85. The number of hydrogen-bond acceptors (Lipinski definition) is 4. The predicted molar refractivity (Wildman–Crippen MR) is 110 cm³/mol. The topological polar surface area (TPSA) is 82.4 Å². The van der Waals surface area contributed by atoms with Gasteiger partial charge >= 0.3 is 0 Å². The molecule has 1 aliphatic rings. The molecule has 3 rings (SSSR count). The molecule has 0 saturated carbocycles. The van der Waals surface area contributed by atoms with Gasteiger partial charge in [-0.25, -0.2) is 0 Å². The van der Waals surface area contributed by atoms with Gasteiger partial charge in [-0.05, 0) is 43.2 Å². The molecule has 1 atom stereocenters. The minimum Gasteiger partial charge on any atom is -0.493 e. The molecule has 28 heavy (non-hydrogen) atoms. The molecule has 1 N–H and O–H groups in total. The maximum absolute atomic E-state index is 12.7. The van der Waals surface area contributed by atoms with Crippen LogP contribution in [0.3, 0.4) is 0 Å². The van der Waals surface area contributed by atoms with Crippen LogP contribution in [0, 0.1) is 17.2 Å². The molecule has 1 saturated heterocycles. The average molecular weight is 442 g/mol. The average Bonchev–Trinajstić information content (AvgIpc) is 3.07. The Kier molecular flexibility index (Phi) is 6.66. The Labute approximate surface area is 172 Å². The normalized spacial score (nSPS) is 15.9. The third-order valence-corrected chi connectivity index (χ3v) is 4.94. The Morgan fingerprint density at radius 1 is 1.29 bits per heavy atom. The van der Waals surface area contributed by atoms with Crippen LogP contribution < -0.4 is 15.0 Å². The standard InChI is InChI=1S/C21H20BrN3O3/c22-15-5-3-7-17(13-15)25-11-9-19(21(25)27)20(26)24-16-6-4-8-18(14-16)28-12-2-1-10-23/h3-8,13-14,19H,1-2,9,11-12H2,(H,24,26). The van der Waals surface area contributed by atoms with Crippen molar-refractivity contribution in [3.05, 3.63) is 53.0 Å². The van der Waals surface area contributed by atoms with Crippen LogP contribution in [-0.4, -0.2) is 25.0 Å². The number of carbonyl (C=O) groups excluding carboxylic acids is 2. The van der Waals surface area contributed by atoms with E-state index in [2.05, 4.69) is 27.3 Å². The van der Waals surface area contributed by atoms with Crippen molar-refractivity contribution >= 4 is 39.1 Å². The van der Waals surface area contributed by atoms with E-state index in [0.29, 0.717) is 43.9 Å². The Morgan fingerprint density at radius 2 is 2.11 bits per heavy atom. The fourth-order valence-electron chi connectivity index (χ4n) is 3.06. The lowest BCUT2D eigenvalue weighted by molar-refractivity contribution is -0.129. The van der Waals surface area contributed by atoms with Crippen LogP contribution >= 0.6 is 15.9 Å². The van der Waals surface area contributed by atoms with Gasteiger partial charge in [0.2, 0.25) is 11.8 Å². The molecule has 2 aromatic carbocycles. The van der Waals surface area contributed by atoms with Gasteiger partial charge in [0.25, 0.3) is 0 Å². The molecule has 1 heterocycles. The molecule has 1 unspecified atom stereocenters. The van der Waals surface area contributed by atoms with Crippen LogP contribution in [0.4, 0.5) is 11.4 Å². The van der Waals surface area contributed by atoms with E-state index >= 15 is 0 Å². The summed E-state index contributed by atoms with van der Waals surface area (Å²) in [7, 11) is 0. The van der Waals surface area contributed by atoms with Crippen molar-refractivity contribution in [2.45, 2.75) is 19.3 Å². The number of nitrogens with one attached hydrogen (secondary N) is 1. The van der Waals surface area contributed by atoms with Crippen LogP contribution in [0.15, 0.2) is 53.0 Å². The number of unbranched alkanes of at least 4 members (excludes halogenated alkanes) is 1.